The summed E-state index contributed by atoms with van der Waals surface area (Å²) in [5.74, 6) is 0.0385. The Morgan fingerprint density at radius 3 is 2.53 bits per heavy atom. The summed E-state index contributed by atoms with van der Waals surface area (Å²) in [4.78, 5) is 29.3. The van der Waals surface area contributed by atoms with Crippen molar-refractivity contribution in [3.05, 3.63) is 70.4 Å². The van der Waals surface area contributed by atoms with Crippen molar-refractivity contribution in [2.45, 2.75) is 36.9 Å². The van der Waals surface area contributed by atoms with Gasteiger partial charge in [-0.1, -0.05) is 19.1 Å². The molecule has 0 spiro atoms. The molecule has 2 atom stereocenters. The van der Waals surface area contributed by atoms with E-state index >= 15 is 0 Å². The Balaban J connectivity index is 1.92. The molecule has 0 radical (unpaired) electrons. The van der Waals surface area contributed by atoms with E-state index in [0.717, 1.165) is 17.0 Å². The number of ketones is 1. The molecular weight excluding hydrogens is 467 g/mol. The number of anilines is 1. The molecule has 1 heterocycles. The highest BCUT2D eigenvalue weighted by atomic mass is 32.2. The molecule has 1 aliphatic heterocycles. The fraction of sp³-hybridized carbons (Fsp3) is 0.292. The van der Waals surface area contributed by atoms with Gasteiger partial charge in [0.2, 0.25) is 0 Å². The molecule has 10 heteroatoms. The summed E-state index contributed by atoms with van der Waals surface area (Å²) in [6.45, 7) is 1.72. The molecule has 6 nitrogen and oxygen atoms in total. The summed E-state index contributed by atoms with van der Waals surface area (Å²) < 4.78 is 52.7. The Labute approximate surface area is 196 Å². The summed E-state index contributed by atoms with van der Waals surface area (Å²) in [6.07, 6.45) is -4.28. The average Bonchev–Trinajstić information content (AvgIpc) is 3.19. The predicted molar refractivity (Wildman–Crippen MR) is 119 cm³/mol. The number of nitriles is 1. The molecule has 1 unspecified atom stereocenters. The first-order chi connectivity index (χ1) is 16.1. The van der Waals surface area contributed by atoms with Gasteiger partial charge in [-0.25, -0.2) is 4.79 Å². The molecule has 0 saturated heterocycles. The average molecular weight is 488 g/mol. The minimum absolute atomic E-state index is 0.0181. The summed E-state index contributed by atoms with van der Waals surface area (Å²) in [6, 6.07) is 9.57. The molecule has 34 heavy (non-hydrogen) atoms. The highest BCUT2D eigenvalue weighted by Gasteiger charge is 2.45. The standard InChI is InChI=1S/C24H20F3N3O3S/c1-3-34(33)20-11-14(13-28)7-8-17(20)22-21-18(9-10-19(21)31)30(23(32)29(22)2)16-6-4-5-15(12-16)24(25,26)27/h4-8,11-12,22H,3,9-10H2,1-2H3/t22-,34?/m0/s1. The van der Waals surface area contributed by atoms with Crippen LogP contribution in [0.5, 0.6) is 0 Å². The maximum atomic E-state index is 13.5. The van der Waals surface area contributed by atoms with E-state index < -0.39 is 34.6 Å². The number of halogens is 3. The second-order valence-corrected chi connectivity index (χ2v) is 9.67. The van der Waals surface area contributed by atoms with Crippen molar-refractivity contribution in [3.63, 3.8) is 0 Å². The lowest BCUT2D eigenvalue weighted by Gasteiger charge is -2.41. The topological polar surface area (TPSA) is 81.5 Å². The summed E-state index contributed by atoms with van der Waals surface area (Å²) in [5.41, 5.74) is 0.504. The molecule has 0 saturated carbocycles. The number of rotatable bonds is 4. The number of Topliss-reactive ketones (excluding diaryl/α,β-unsaturated/α-hetero) is 1. The fourth-order valence-electron chi connectivity index (χ4n) is 4.42. The van der Waals surface area contributed by atoms with Crippen molar-refractivity contribution in [3.8, 4) is 6.07 Å². The Morgan fingerprint density at radius 1 is 1.15 bits per heavy atom. The lowest BCUT2D eigenvalue weighted by atomic mass is 9.92. The van der Waals surface area contributed by atoms with Gasteiger partial charge in [0.05, 0.1) is 39.7 Å². The SMILES string of the molecule is CCS(=O)c1cc(C#N)ccc1[C@H]1C2=C(CCC2=O)N(c2cccc(C(F)(F)F)c2)C(=O)N1C. The number of hydrogen-bond acceptors (Lipinski definition) is 4. The molecular formula is C24H20F3N3O3S. The predicted octanol–water partition coefficient (Wildman–Crippen LogP) is 4.93. The number of urea groups is 1. The zero-order chi connectivity index (χ0) is 24.8. The van der Waals surface area contributed by atoms with Crippen LogP contribution in [0.4, 0.5) is 23.7 Å². The molecule has 4 rings (SSSR count). The number of allylic oxidation sites excluding steroid dienone is 1. The van der Waals surface area contributed by atoms with Crippen LogP contribution >= 0.6 is 0 Å². The smallest absolute Gasteiger partial charge is 0.316 e. The van der Waals surface area contributed by atoms with Gasteiger partial charge in [0, 0.05) is 35.4 Å². The number of likely N-dealkylation sites (N-methyl/N-ethyl adjacent to an activating group) is 1. The van der Waals surface area contributed by atoms with Gasteiger partial charge in [-0.3, -0.25) is 13.9 Å². The highest BCUT2D eigenvalue weighted by Crippen LogP contribution is 2.46. The molecule has 2 aromatic carbocycles. The molecule has 2 aliphatic rings. The first-order valence-corrected chi connectivity index (χ1v) is 11.8. The van der Waals surface area contributed by atoms with Gasteiger partial charge < -0.3 is 4.90 Å². The van der Waals surface area contributed by atoms with E-state index in [4.69, 9.17) is 0 Å². The number of alkyl halides is 3. The van der Waals surface area contributed by atoms with Crippen LogP contribution in [0.2, 0.25) is 0 Å². The minimum atomic E-state index is -4.59. The first kappa shape index (κ1) is 23.7. The highest BCUT2D eigenvalue weighted by molar-refractivity contribution is 7.85. The van der Waals surface area contributed by atoms with Crippen LogP contribution < -0.4 is 4.90 Å². The normalized spacial score (nSPS) is 19.4. The molecule has 0 N–H and O–H groups in total. The second kappa shape index (κ2) is 8.72. The molecule has 176 valence electrons. The minimum Gasteiger partial charge on any atom is -0.316 e. The van der Waals surface area contributed by atoms with Crippen molar-refractivity contribution in [1.29, 1.82) is 5.26 Å². The Bertz CT molecular complexity index is 1300. The number of hydrogen-bond donors (Lipinski definition) is 0. The van der Waals surface area contributed by atoms with Crippen LogP contribution in [0, 0.1) is 11.3 Å². The number of benzene rings is 2. The lowest BCUT2D eigenvalue weighted by Crippen LogP contribution is -2.48. The largest absolute Gasteiger partial charge is 0.416 e. The number of amides is 2. The van der Waals surface area contributed by atoms with E-state index in [2.05, 4.69) is 0 Å². The van der Waals surface area contributed by atoms with Gasteiger partial charge in [-0.05, 0) is 42.3 Å². The van der Waals surface area contributed by atoms with Crippen molar-refractivity contribution >= 4 is 28.3 Å². The maximum Gasteiger partial charge on any atom is 0.416 e. The third-order valence-corrected chi connectivity index (χ3v) is 7.37. The van der Waals surface area contributed by atoms with E-state index in [-0.39, 0.29) is 30.1 Å². The van der Waals surface area contributed by atoms with Gasteiger partial charge in [0.1, 0.15) is 0 Å². The van der Waals surface area contributed by atoms with E-state index in [9.17, 15) is 32.2 Å². The summed E-state index contributed by atoms with van der Waals surface area (Å²) >= 11 is 0. The van der Waals surface area contributed by atoms with Crippen LogP contribution in [0.25, 0.3) is 0 Å². The lowest BCUT2D eigenvalue weighted by molar-refractivity contribution is -0.137. The molecule has 1 aliphatic carbocycles. The number of carbonyl (C=O) groups excluding carboxylic acids is 2. The fourth-order valence-corrected chi connectivity index (χ4v) is 5.43. The molecule has 2 aromatic rings. The van der Waals surface area contributed by atoms with Gasteiger partial charge in [-0.2, -0.15) is 18.4 Å². The molecule has 0 bridgehead atoms. The summed E-state index contributed by atoms with van der Waals surface area (Å²) in [7, 11) is -0.0219. The number of nitrogens with zero attached hydrogens (tertiary/aromatic N) is 3. The Morgan fingerprint density at radius 2 is 1.88 bits per heavy atom. The second-order valence-electron chi connectivity index (χ2n) is 7.96. The first-order valence-electron chi connectivity index (χ1n) is 10.5. The number of carbonyl (C=O) groups is 2. The van der Waals surface area contributed by atoms with Gasteiger partial charge in [-0.15, -0.1) is 0 Å². The summed E-state index contributed by atoms with van der Waals surface area (Å²) in [5, 5.41) is 9.28. The van der Waals surface area contributed by atoms with Crippen molar-refractivity contribution < 1.29 is 27.0 Å². The van der Waals surface area contributed by atoms with Crippen molar-refractivity contribution in [2.75, 3.05) is 17.7 Å². The van der Waals surface area contributed by atoms with Gasteiger partial charge in [0.25, 0.3) is 0 Å². The van der Waals surface area contributed by atoms with E-state index in [1.54, 1.807) is 13.0 Å². The zero-order valence-electron chi connectivity index (χ0n) is 18.3. The van der Waals surface area contributed by atoms with Crippen molar-refractivity contribution in [1.82, 2.24) is 4.90 Å². The monoisotopic (exact) mass is 487 g/mol. The van der Waals surface area contributed by atoms with Gasteiger partial charge in [0.15, 0.2) is 5.78 Å². The quantitative estimate of drug-likeness (QED) is 0.612. The van der Waals surface area contributed by atoms with Gasteiger partial charge >= 0.3 is 12.2 Å². The molecule has 0 fully saturated rings. The Hall–Kier alpha value is -3.45. The van der Waals surface area contributed by atoms with E-state index in [0.29, 0.717) is 27.3 Å². The third-order valence-electron chi connectivity index (χ3n) is 6.00. The maximum absolute atomic E-state index is 13.5. The van der Waals surface area contributed by atoms with Crippen molar-refractivity contribution in [2.24, 2.45) is 0 Å². The van der Waals surface area contributed by atoms with E-state index in [1.807, 2.05) is 6.07 Å². The van der Waals surface area contributed by atoms with Crippen LogP contribution in [-0.2, 0) is 21.8 Å². The van der Waals surface area contributed by atoms with Crippen LogP contribution in [0.15, 0.2) is 58.6 Å². The van der Waals surface area contributed by atoms with Crippen LogP contribution in [0.1, 0.15) is 42.5 Å². The zero-order valence-corrected chi connectivity index (χ0v) is 19.2. The van der Waals surface area contributed by atoms with Crippen LogP contribution in [-0.4, -0.2) is 33.7 Å². The Kier molecular flexibility index (Phi) is 6.08. The molecule has 2 amide bonds. The third kappa shape index (κ3) is 3.90. The molecule has 0 aromatic heterocycles. The van der Waals surface area contributed by atoms with Crippen LogP contribution in [0.3, 0.4) is 0 Å². The van der Waals surface area contributed by atoms with E-state index in [1.165, 1.54) is 36.2 Å².